The zero-order chi connectivity index (χ0) is 23.9. The van der Waals surface area contributed by atoms with E-state index < -0.39 is 0 Å². The summed E-state index contributed by atoms with van der Waals surface area (Å²) in [4.78, 5) is 23.7. The Hall–Kier alpha value is -3.32. The molecule has 2 atom stereocenters. The first-order valence-electron chi connectivity index (χ1n) is 11.3. The van der Waals surface area contributed by atoms with Crippen LogP contribution in [0.3, 0.4) is 0 Å². The highest BCUT2D eigenvalue weighted by atomic mass is 35.5. The molecule has 10 heteroatoms. The summed E-state index contributed by atoms with van der Waals surface area (Å²) in [5, 5.41) is 2.54. The van der Waals surface area contributed by atoms with Crippen LogP contribution in [-0.4, -0.2) is 52.3 Å². The molecule has 0 spiro atoms. The second kappa shape index (κ2) is 9.04. The Morgan fingerprint density at radius 3 is 2.60 bits per heavy atom. The molecule has 0 N–H and O–H groups in total. The van der Waals surface area contributed by atoms with Crippen molar-refractivity contribution >= 4 is 44.8 Å². The Balaban J connectivity index is 1.28. The number of halogens is 1. The topological polar surface area (TPSA) is 77.6 Å². The van der Waals surface area contributed by atoms with Gasteiger partial charge in [0.05, 0.1) is 25.3 Å². The molecule has 2 unspecified atom stereocenters. The van der Waals surface area contributed by atoms with Crippen LogP contribution in [0.15, 0.2) is 42.3 Å². The number of thiophene rings is 1. The van der Waals surface area contributed by atoms with Gasteiger partial charge in [-0.15, -0.1) is 11.3 Å². The van der Waals surface area contributed by atoms with Crippen LogP contribution in [0.4, 0.5) is 11.6 Å². The highest BCUT2D eigenvalue weighted by Crippen LogP contribution is 2.41. The number of piperidine rings is 1. The van der Waals surface area contributed by atoms with Gasteiger partial charge in [0.1, 0.15) is 17.1 Å². The van der Waals surface area contributed by atoms with Crippen molar-refractivity contribution < 1.29 is 9.47 Å². The van der Waals surface area contributed by atoms with Crippen LogP contribution < -0.4 is 9.64 Å². The molecule has 2 aliphatic rings. The zero-order valence-electron chi connectivity index (χ0n) is 18.9. The zero-order valence-corrected chi connectivity index (χ0v) is 20.5. The van der Waals surface area contributed by atoms with Crippen LogP contribution in [-0.2, 0) is 4.74 Å². The first kappa shape index (κ1) is 22.2. The van der Waals surface area contributed by atoms with Gasteiger partial charge in [-0.1, -0.05) is 23.7 Å². The van der Waals surface area contributed by atoms with Crippen LogP contribution in [0.1, 0.15) is 5.56 Å². The van der Waals surface area contributed by atoms with Crippen LogP contribution in [0.2, 0.25) is 5.02 Å². The lowest BCUT2D eigenvalue weighted by Gasteiger charge is -2.46. The van der Waals surface area contributed by atoms with E-state index in [1.165, 1.54) is 17.7 Å². The Morgan fingerprint density at radius 1 is 1.11 bits per heavy atom. The number of benzene rings is 1. The van der Waals surface area contributed by atoms with Gasteiger partial charge in [0.2, 0.25) is 11.8 Å². The molecular formula is C25H21ClN6O2S. The van der Waals surface area contributed by atoms with Gasteiger partial charge in [-0.2, -0.15) is 0 Å². The molecule has 3 aromatic heterocycles. The van der Waals surface area contributed by atoms with Crippen LogP contribution in [0.25, 0.3) is 26.2 Å². The monoisotopic (exact) mass is 504 g/mol. The van der Waals surface area contributed by atoms with Gasteiger partial charge >= 0.3 is 0 Å². The van der Waals surface area contributed by atoms with Crippen molar-refractivity contribution in [3.05, 3.63) is 64.3 Å². The summed E-state index contributed by atoms with van der Waals surface area (Å²) >= 11 is 8.03. The molecule has 0 radical (unpaired) electrons. The van der Waals surface area contributed by atoms with Crippen molar-refractivity contribution in [3.8, 4) is 17.0 Å². The average molecular weight is 505 g/mol. The second-order valence-electron chi connectivity index (χ2n) is 8.89. The maximum atomic E-state index is 7.20. The molecule has 0 aliphatic carbocycles. The summed E-state index contributed by atoms with van der Waals surface area (Å²) in [5.41, 5.74) is 4.10. The van der Waals surface area contributed by atoms with Gasteiger partial charge < -0.3 is 14.4 Å². The van der Waals surface area contributed by atoms with Crippen molar-refractivity contribution in [2.75, 3.05) is 31.2 Å². The van der Waals surface area contributed by atoms with E-state index >= 15 is 0 Å². The van der Waals surface area contributed by atoms with E-state index in [4.69, 9.17) is 27.6 Å². The fourth-order valence-corrected chi connectivity index (χ4v) is 6.06. The fourth-order valence-electron chi connectivity index (χ4n) is 4.83. The molecular weight excluding hydrogens is 484 g/mol. The Kier molecular flexibility index (Phi) is 5.72. The molecule has 2 saturated heterocycles. The summed E-state index contributed by atoms with van der Waals surface area (Å²) in [5.74, 6) is 1.68. The van der Waals surface area contributed by atoms with Gasteiger partial charge in [0, 0.05) is 58.8 Å². The number of fused-ring (bicyclic) bond motifs is 3. The minimum absolute atomic E-state index is 0.0179. The Labute approximate surface area is 211 Å². The van der Waals surface area contributed by atoms with Crippen molar-refractivity contribution in [1.82, 2.24) is 19.9 Å². The summed E-state index contributed by atoms with van der Waals surface area (Å²) < 4.78 is 13.4. The lowest BCUT2D eigenvalue weighted by Crippen LogP contribution is -2.58. The normalized spacial score (nSPS) is 21.6. The molecule has 2 fully saturated rings. The minimum Gasteiger partial charge on any atom is -0.472 e. The highest BCUT2D eigenvalue weighted by molar-refractivity contribution is 7.18. The van der Waals surface area contributed by atoms with Crippen LogP contribution in [0.5, 0.6) is 5.88 Å². The van der Waals surface area contributed by atoms with Crippen molar-refractivity contribution in [3.63, 3.8) is 0 Å². The SMILES string of the molecule is [C-]#[N+]c1ccc(-c2csc3c(OC4C5COCC4CN(c4ncc(C)cn4)C5)ncnc23)c(Cl)c1. The van der Waals surface area contributed by atoms with E-state index in [9.17, 15) is 0 Å². The van der Waals surface area contributed by atoms with E-state index in [1.54, 1.807) is 12.1 Å². The highest BCUT2D eigenvalue weighted by Gasteiger charge is 2.43. The maximum Gasteiger partial charge on any atom is 0.235 e. The number of aryl methyl sites for hydroxylation is 1. The predicted octanol–water partition coefficient (Wildman–Crippen LogP) is 5.19. The standard InChI is InChI=1S/C25H21ClN6O2S/c1-14-6-28-25(29-7-14)32-8-15-10-33-11-16(9-32)22(15)34-24-23-21(30-13-31-24)19(12-35-23)18-4-3-17(27-2)5-20(18)26/h3-7,12-13,15-16,22H,8-11H2,1H3. The molecule has 5 heterocycles. The van der Waals surface area contributed by atoms with Gasteiger partial charge in [0.15, 0.2) is 5.69 Å². The molecule has 4 aromatic rings. The third kappa shape index (κ3) is 4.08. The number of aromatic nitrogens is 4. The van der Waals surface area contributed by atoms with Crippen LogP contribution in [0, 0.1) is 25.3 Å². The van der Waals surface area contributed by atoms with E-state index in [0.29, 0.717) is 29.8 Å². The van der Waals surface area contributed by atoms with E-state index in [-0.39, 0.29) is 17.9 Å². The van der Waals surface area contributed by atoms with Gasteiger partial charge in [0.25, 0.3) is 0 Å². The summed E-state index contributed by atoms with van der Waals surface area (Å²) in [6.45, 7) is 12.0. The quantitative estimate of drug-likeness (QED) is 0.354. The molecule has 1 aromatic carbocycles. The fraction of sp³-hybridized carbons (Fsp3) is 0.320. The lowest BCUT2D eigenvalue weighted by molar-refractivity contribution is -0.0764. The lowest BCUT2D eigenvalue weighted by atomic mass is 9.84. The number of ether oxygens (including phenoxy) is 2. The third-order valence-electron chi connectivity index (χ3n) is 6.49. The molecule has 8 nitrogen and oxygen atoms in total. The van der Waals surface area contributed by atoms with Crippen molar-refractivity contribution in [1.29, 1.82) is 0 Å². The van der Waals surface area contributed by atoms with E-state index in [1.807, 2.05) is 30.8 Å². The molecule has 0 saturated carbocycles. The first-order chi connectivity index (χ1) is 17.1. The second-order valence-corrected chi connectivity index (χ2v) is 10.2. The van der Waals surface area contributed by atoms with Gasteiger partial charge in [-0.3, -0.25) is 0 Å². The smallest absolute Gasteiger partial charge is 0.235 e. The summed E-state index contributed by atoms with van der Waals surface area (Å²) in [6, 6.07) is 5.31. The van der Waals surface area contributed by atoms with E-state index in [0.717, 1.165) is 45.9 Å². The number of hydrogen-bond donors (Lipinski definition) is 0. The summed E-state index contributed by atoms with van der Waals surface area (Å²) in [6.07, 6.45) is 5.22. The van der Waals surface area contributed by atoms with Crippen LogP contribution >= 0.6 is 22.9 Å². The third-order valence-corrected chi connectivity index (χ3v) is 7.76. The molecule has 2 bridgehead atoms. The molecule has 176 valence electrons. The Bertz CT molecular complexity index is 1420. The van der Waals surface area contributed by atoms with Crippen molar-refractivity contribution in [2.24, 2.45) is 11.8 Å². The number of nitrogens with zero attached hydrogens (tertiary/aromatic N) is 6. The summed E-state index contributed by atoms with van der Waals surface area (Å²) in [7, 11) is 0. The molecule has 0 amide bonds. The van der Waals surface area contributed by atoms with E-state index in [2.05, 4.69) is 29.7 Å². The number of anilines is 1. The molecule has 6 rings (SSSR count). The minimum atomic E-state index is -0.0179. The maximum absolute atomic E-state index is 7.20. The predicted molar refractivity (Wildman–Crippen MR) is 135 cm³/mol. The van der Waals surface area contributed by atoms with Gasteiger partial charge in [-0.05, 0) is 18.6 Å². The largest absolute Gasteiger partial charge is 0.472 e. The number of rotatable bonds is 4. The van der Waals surface area contributed by atoms with Crippen molar-refractivity contribution in [2.45, 2.75) is 13.0 Å². The van der Waals surface area contributed by atoms with Gasteiger partial charge in [-0.25, -0.2) is 24.8 Å². The number of hydrogen-bond acceptors (Lipinski definition) is 8. The Morgan fingerprint density at radius 2 is 1.89 bits per heavy atom. The molecule has 2 aliphatic heterocycles. The molecule has 35 heavy (non-hydrogen) atoms. The first-order valence-corrected chi connectivity index (χ1v) is 12.5. The average Bonchev–Trinajstić information content (AvgIpc) is 3.29.